The summed E-state index contributed by atoms with van der Waals surface area (Å²) in [6.07, 6.45) is -1.02. The Morgan fingerprint density at radius 2 is 1.84 bits per heavy atom. The van der Waals surface area contributed by atoms with Gasteiger partial charge < -0.3 is 19.9 Å². The summed E-state index contributed by atoms with van der Waals surface area (Å²) in [4.78, 5) is 24.4. The smallest absolute Gasteiger partial charge is 0.342 e. The molecule has 0 fully saturated rings. The van der Waals surface area contributed by atoms with Crippen LogP contribution in [-0.2, 0) is 9.53 Å². The predicted octanol–water partition coefficient (Wildman–Crippen LogP) is 3.20. The second kappa shape index (κ2) is 7.70. The molecule has 0 aromatic heterocycles. The monoisotopic (exact) mass is 343 g/mol. The van der Waals surface area contributed by atoms with E-state index >= 15 is 0 Å². The van der Waals surface area contributed by atoms with Crippen LogP contribution in [0.2, 0.25) is 0 Å². The average molecular weight is 343 g/mol. The molecule has 6 heteroatoms. The van der Waals surface area contributed by atoms with Crippen LogP contribution in [0, 0.1) is 13.8 Å². The van der Waals surface area contributed by atoms with E-state index in [9.17, 15) is 14.7 Å². The van der Waals surface area contributed by atoms with Gasteiger partial charge in [-0.2, -0.15) is 0 Å². The molecule has 2 aromatic rings. The Morgan fingerprint density at radius 3 is 2.48 bits per heavy atom. The van der Waals surface area contributed by atoms with Crippen molar-refractivity contribution >= 4 is 17.6 Å². The van der Waals surface area contributed by atoms with Gasteiger partial charge in [-0.3, -0.25) is 4.79 Å². The summed E-state index contributed by atoms with van der Waals surface area (Å²) >= 11 is 0. The lowest BCUT2D eigenvalue weighted by molar-refractivity contribution is -0.123. The van der Waals surface area contributed by atoms with Crippen molar-refractivity contribution in [3.8, 4) is 11.5 Å². The Hall–Kier alpha value is -3.02. The number of nitrogens with one attached hydrogen (secondary N) is 1. The van der Waals surface area contributed by atoms with Crippen molar-refractivity contribution in [2.24, 2.45) is 0 Å². The van der Waals surface area contributed by atoms with Gasteiger partial charge in [0.15, 0.2) is 6.10 Å². The molecule has 1 atom stereocenters. The maximum atomic E-state index is 12.3. The minimum atomic E-state index is -1.02. The molecule has 0 saturated carbocycles. The van der Waals surface area contributed by atoms with E-state index in [1.54, 1.807) is 0 Å². The van der Waals surface area contributed by atoms with E-state index in [1.165, 1.54) is 32.2 Å². The number of aromatic hydroxyl groups is 1. The molecule has 0 aliphatic heterocycles. The molecular formula is C19H21NO5. The van der Waals surface area contributed by atoms with Gasteiger partial charge in [-0.15, -0.1) is 0 Å². The standard InChI is InChI=1S/C19H21NO5/c1-11-5-6-12(2)16(9-11)20-18(22)13(3)25-19(23)15-8-7-14(24-4)10-17(15)21/h5-10,13,21H,1-4H3,(H,20,22)/t13-/m0/s1. The topological polar surface area (TPSA) is 84.9 Å². The summed E-state index contributed by atoms with van der Waals surface area (Å²) in [6.45, 7) is 5.27. The fourth-order valence-corrected chi connectivity index (χ4v) is 2.19. The minimum Gasteiger partial charge on any atom is -0.507 e. The molecule has 0 aliphatic rings. The van der Waals surface area contributed by atoms with E-state index in [-0.39, 0.29) is 11.3 Å². The lowest BCUT2D eigenvalue weighted by Gasteiger charge is -2.15. The molecule has 2 N–H and O–H groups in total. The summed E-state index contributed by atoms with van der Waals surface area (Å²) in [5.41, 5.74) is 2.55. The zero-order valence-corrected chi connectivity index (χ0v) is 14.6. The number of phenols is 1. The van der Waals surface area contributed by atoms with Crippen molar-refractivity contribution in [2.75, 3.05) is 12.4 Å². The van der Waals surface area contributed by atoms with Crippen molar-refractivity contribution in [1.29, 1.82) is 0 Å². The number of rotatable bonds is 5. The number of ether oxygens (including phenoxy) is 2. The van der Waals surface area contributed by atoms with Crippen LogP contribution < -0.4 is 10.1 Å². The summed E-state index contributed by atoms with van der Waals surface area (Å²) < 4.78 is 10.1. The summed E-state index contributed by atoms with van der Waals surface area (Å²) in [6, 6.07) is 9.90. The number of amides is 1. The van der Waals surface area contributed by atoms with Gasteiger partial charge in [-0.05, 0) is 50.1 Å². The highest BCUT2D eigenvalue weighted by atomic mass is 16.5. The number of hydrogen-bond acceptors (Lipinski definition) is 5. The van der Waals surface area contributed by atoms with Gasteiger partial charge in [0.25, 0.3) is 5.91 Å². The fourth-order valence-electron chi connectivity index (χ4n) is 2.19. The Balaban J connectivity index is 2.05. The van der Waals surface area contributed by atoms with Gasteiger partial charge in [-0.1, -0.05) is 12.1 Å². The molecule has 6 nitrogen and oxygen atoms in total. The molecule has 0 spiro atoms. The van der Waals surface area contributed by atoms with Gasteiger partial charge in [0.2, 0.25) is 0 Å². The summed E-state index contributed by atoms with van der Waals surface area (Å²) in [5, 5.41) is 12.6. The maximum absolute atomic E-state index is 12.3. The number of carbonyl (C=O) groups excluding carboxylic acids is 2. The molecular weight excluding hydrogens is 322 g/mol. The van der Waals surface area contributed by atoms with Crippen LogP contribution >= 0.6 is 0 Å². The Labute approximate surface area is 146 Å². The van der Waals surface area contributed by atoms with Gasteiger partial charge in [-0.25, -0.2) is 4.79 Å². The zero-order chi connectivity index (χ0) is 18.6. The molecule has 132 valence electrons. The van der Waals surface area contributed by atoms with E-state index in [1.807, 2.05) is 32.0 Å². The highest BCUT2D eigenvalue weighted by Crippen LogP contribution is 2.24. The van der Waals surface area contributed by atoms with Crippen LogP contribution in [0.3, 0.4) is 0 Å². The van der Waals surface area contributed by atoms with Crippen molar-refractivity contribution in [2.45, 2.75) is 26.9 Å². The molecule has 2 aromatic carbocycles. The molecule has 1 amide bonds. The lowest BCUT2D eigenvalue weighted by atomic mass is 10.1. The quantitative estimate of drug-likeness (QED) is 0.815. The Kier molecular flexibility index (Phi) is 5.64. The Morgan fingerprint density at radius 1 is 1.12 bits per heavy atom. The van der Waals surface area contributed by atoms with E-state index in [2.05, 4.69) is 5.32 Å². The number of carbonyl (C=O) groups is 2. The average Bonchev–Trinajstić information content (AvgIpc) is 2.57. The number of anilines is 1. The number of benzene rings is 2. The van der Waals surface area contributed by atoms with Gasteiger partial charge in [0.1, 0.15) is 17.1 Å². The largest absolute Gasteiger partial charge is 0.507 e. The third-order valence-corrected chi connectivity index (χ3v) is 3.73. The number of esters is 1. The predicted molar refractivity (Wildman–Crippen MR) is 94.1 cm³/mol. The van der Waals surface area contributed by atoms with Crippen molar-refractivity contribution in [1.82, 2.24) is 0 Å². The minimum absolute atomic E-state index is 0.0350. The fraction of sp³-hybridized carbons (Fsp3) is 0.263. The SMILES string of the molecule is COc1ccc(C(=O)O[C@@H](C)C(=O)Nc2cc(C)ccc2C)c(O)c1. The van der Waals surface area contributed by atoms with Crippen LogP contribution in [0.1, 0.15) is 28.4 Å². The van der Waals surface area contributed by atoms with Crippen molar-refractivity contribution in [3.63, 3.8) is 0 Å². The third kappa shape index (κ3) is 4.50. The first-order valence-electron chi connectivity index (χ1n) is 7.78. The first-order chi connectivity index (χ1) is 11.8. The molecule has 0 heterocycles. The van der Waals surface area contributed by atoms with Crippen LogP contribution in [-0.4, -0.2) is 30.2 Å². The molecule has 0 aliphatic carbocycles. The number of methoxy groups -OCH3 is 1. The molecule has 2 rings (SSSR count). The second-order valence-corrected chi connectivity index (χ2v) is 5.74. The zero-order valence-electron chi connectivity index (χ0n) is 14.6. The number of aryl methyl sites for hydroxylation is 2. The first kappa shape index (κ1) is 18.3. The van der Waals surface area contributed by atoms with Gasteiger partial charge in [0.05, 0.1) is 7.11 Å². The van der Waals surface area contributed by atoms with E-state index in [0.717, 1.165) is 11.1 Å². The molecule has 0 bridgehead atoms. The van der Waals surface area contributed by atoms with E-state index in [0.29, 0.717) is 11.4 Å². The Bertz CT molecular complexity index is 800. The van der Waals surface area contributed by atoms with Gasteiger partial charge in [0, 0.05) is 11.8 Å². The van der Waals surface area contributed by atoms with Crippen LogP contribution in [0.4, 0.5) is 5.69 Å². The van der Waals surface area contributed by atoms with E-state index < -0.39 is 18.0 Å². The van der Waals surface area contributed by atoms with Crippen molar-refractivity contribution < 1.29 is 24.2 Å². The van der Waals surface area contributed by atoms with Crippen LogP contribution in [0.15, 0.2) is 36.4 Å². The van der Waals surface area contributed by atoms with E-state index in [4.69, 9.17) is 9.47 Å². The first-order valence-corrected chi connectivity index (χ1v) is 7.78. The maximum Gasteiger partial charge on any atom is 0.342 e. The second-order valence-electron chi connectivity index (χ2n) is 5.74. The van der Waals surface area contributed by atoms with Crippen LogP contribution in [0.25, 0.3) is 0 Å². The van der Waals surface area contributed by atoms with Crippen molar-refractivity contribution in [3.05, 3.63) is 53.1 Å². The highest BCUT2D eigenvalue weighted by Gasteiger charge is 2.21. The summed E-state index contributed by atoms with van der Waals surface area (Å²) in [5.74, 6) is -1.10. The summed E-state index contributed by atoms with van der Waals surface area (Å²) in [7, 11) is 1.45. The lowest BCUT2D eigenvalue weighted by Crippen LogP contribution is -2.30. The van der Waals surface area contributed by atoms with Gasteiger partial charge >= 0.3 is 5.97 Å². The number of hydrogen-bond donors (Lipinski definition) is 2. The highest BCUT2D eigenvalue weighted by molar-refractivity contribution is 5.98. The molecule has 0 unspecified atom stereocenters. The molecule has 25 heavy (non-hydrogen) atoms. The number of phenolic OH excluding ortho intramolecular Hbond substituents is 1. The molecule has 0 saturated heterocycles. The third-order valence-electron chi connectivity index (χ3n) is 3.73. The van der Waals surface area contributed by atoms with Crippen LogP contribution in [0.5, 0.6) is 11.5 Å². The normalized spacial score (nSPS) is 11.5. The molecule has 0 radical (unpaired) electrons.